The molecule has 0 aromatic rings. The van der Waals surface area contributed by atoms with Crippen molar-refractivity contribution in [3.8, 4) is 0 Å². The summed E-state index contributed by atoms with van der Waals surface area (Å²) in [4.78, 5) is 22.9. The summed E-state index contributed by atoms with van der Waals surface area (Å²) in [7, 11) is 0. The summed E-state index contributed by atoms with van der Waals surface area (Å²) in [5.74, 6) is -0.973. The number of carboxylic acids is 1. The van der Waals surface area contributed by atoms with Gasteiger partial charge in [0.2, 0.25) is 0 Å². The SMILES string of the molecule is CC1(C)CC(C(=O)O)CC(C)(C)C1=O. The van der Waals surface area contributed by atoms with Crippen LogP contribution in [0.4, 0.5) is 0 Å². The molecule has 1 aliphatic carbocycles. The van der Waals surface area contributed by atoms with Crippen LogP contribution in [0.3, 0.4) is 0 Å². The van der Waals surface area contributed by atoms with E-state index in [1.165, 1.54) is 0 Å². The lowest BCUT2D eigenvalue weighted by Gasteiger charge is -2.41. The molecular weight excluding hydrogens is 180 g/mol. The van der Waals surface area contributed by atoms with Gasteiger partial charge in [-0.25, -0.2) is 0 Å². The highest BCUT2D eigenvalue weighted by Gasteiger charge is 2.48. The van der Waals surface area contributed by atoms with E-state index in [1.807, 2.05) is 27.7 Å². The number of aliphatic carboxylic acids is 1. The van der Waals surface area contributed by atoms with E-state index in [2.05, 4.69) is 0 Å². The van der Waals surface area contributed by atoms with Crippen LogP contribution in [-0.4, -0.2) is 16.9 Å². The van der Waals surface area contributed by atoms with E-state index < -0.39 is 16.8 Å². The third-order valence-electron chi connectivity index (χ3n) is 3.09. The Bertz CT molecular complexity index is 256. The number of Topliss-reactive ketones (excluding diaryl/α,β-unsaturated/α-hetero) is 1. The molecule has 1 N–H and O–H groups in total. The van der Waals surface area contributed by atoms with Gasteiger partial charge in [-0.1, -0.05) is 27.7 Å². The topological polar surface area (TPSA) is 54.4 Å². The van der Waals surface area contributed by atoms with Crippen LogP contribution in [-0.2, 0) is 9.59 Å². The Morgan fingerprint density at radius 2 is 1.57 bits per heavy atom. The summed E-state index contributed by atoms with van der Waals surface area (Å²) in [6.07, 6.45) is 0.926. The molecule has 80 valence electrons. The molecule has 3 nitrogen and oxygen atoms in total. The Morgan fingerprint density at radius 3 is 1.86 bits per heavy atom. The summed E-state index contributed by atoms with van der Waals surface area (Å²) in [6, 6.07) is 0. The van der Waals surface area contributed by atoms with Crippen molar-refractivity contribution < 1.29 is 14.7 Å². The van der Waals surface area contributed by atoms with Gasteiger partial charge in [0.1, 0.15) is 5.78 Å². The minimum Gasteiger partial charge on any atom is -0.481 e. The lowest BCUT2D eigenvalue weighted by Crippen LogP contribution is -2.46. The number of ketones is 1. The van der Waals surface area contributed by atoms with Gasteiger partial charge in [-0.3, -0.25) is 9.59 Å². The fourth-order valence-corrected chi connectivity index (χ4v) is 2.58. The van der Waals surface area contributed by atoms with Gasteiger partial charge in [-0.15, -0.1) is 0 Å². The molecule has 0 atom stereocenters. The highest BCUT2D eigenvalue weighted by molar-refractivity contribution is 5.91. The Hall–Kier alpha value is -0.860. The molecule has 0 saturated heterocycles. The normalized spacial score (nSPS) is 26.1. The van der Waals surface area contributed by atoms with Crippen LogP contribution in [0.5, 0.6) is 0 Å². The quantitative estimate of drug-likeness (QED) is 0.702. The fourth-order valence-electron chi connectivity index (χ4n) is 2.58. The smallest absolute Gasteiger partial charge is 0.306 e. The summed E-state index contributed by atoms with van der Waals surface area (Å²) in [6.45, 7) is 7.36. The molecule has 0 aliphatic heterocycles. The molecule has 1 rings (SSSR count). The predicted octanol–water partition coefficient (Wildman–Crippen LogP) is 2.10. The molecule has 0 aromatic carbocycles. The van der Waals surface area contributed by atoms with Crippen molar-refractivity contribution in [1.82, 2.24) is 0 Å². The fraction of sp³-hybridized carbons (Fsp3) is 0.818. The maximum Gasteiger partial charge on any atom is 0.306 e. The first kappa shape index (κ1) is 11.2. The highest BCUT2D eigenvalue weighted by atomic mass is 16.4. The van der Waals surface area contributed by atoms with Gasteiger partial charge in [0.25, 0.3) is 0 Å². The molecule has 1 aliphatic rings. The van der Waals surface area contributed by atoms with E-state index in [9.17, 15) is 9.59 Å². The first-order chi connectivity index (χ1) is 6.17. The van der Waals surface area contributed by atoms with Crippen LogP contribution in [0.2, 0.25) is 0 Å². The van der Waals surface area contributed by atoms with Gasteiger partial charge < -0.3 is 5.11 Å². The van der Waals surface area contributed by atoms with E-state index in [0.717, 1.165) is 0 Å². The van der Waals surface area contributed by atoms with Gasteiger partial charge in [-0.05, 0) is 12.8 Å². The molecule has 0 radical (unpaired) electrons. The summed E-state index contributed by atoms with van der Waals surface area (Å²) in [5, 5.41) is 8.98. The third kappa shape index (κ3) is 1.81. The monoisotopic (exact) mass is 198 g/mol. The summed E-state index contributed by atoms with van der Waals surface area (Å²) >= 11 is 0. The standard InChI is InChI=1S/C11H18O3/c1-10(2)5-7(8(12)13)6-11(3,4)9(10)14/h7H,5-6H2,1-4H3,(H,12,13). The van der Waals surface area contributed by atoms with E-state index in [-0.39, 0.29) is 11.7 Å². The van der Waals surface area contributed by atoms with Gasteiger partial charge >= 0.3 is 5.97 Å². The largest absolute Gasteiger partial charge is 0.481 e. The molecule has 0 spiro atoms. The van der Waals surface area contributed by atoms with Crippen molar-refractivity contribution >= 4 is 11.8 Å². The van der Waals surface area contributed by atoms with Crippen molar-refractivity contribution in [2.24, 2.45) is 16.7 Å². The number of carbonyl (C=O) groups is 2. The van der Waals surface area contributed by atoms with E-state index in [1.54, 1.807) is 0 Å². The zero-order chi connectivity index (χ0) is 11.1. The van der Waals surface area contributed by atoms with Crippen LogP contribution in [0.15, 0.2) is 0 Å². The van der Waals surface area contributed by atoms with Crippen molar-refractivity contribution in [3.63, 3.8) is 0 Å². The molecular formula is C11H18O3. The molecule has 3 heteroatoms. The van der Waals surface area contributed by atoms with E-state index >= 15 is 0 Å². The van der Waals surface area contributed by atoms with Gasteiger partial charge in [-0.2, -0.15) is 0 Å². The Kier molecular flexibility index (Phi) is 2.46. The van der Waals surface area contributed by atoms with Gasteiger partial charge in [0.05, 0.1) is 5.92 Å². The zero-order valence-corrected chi connectivity index (χ0v) is 9.26. The summed E-state index contributed by atoms with van der Waals surface area (Å²) in [5.41, 5.74) is -0.990. The number of hydrogen-bond acceptors (Lipinski definition) is 2. The molecule has 0 bridgehead atoms. The third-order valence-corrected chi connectivity index (χ3v) is 3.09. The second kappa shape index (κ2) is 3.07. The van der Waals surface area contributed by atoms with E-state index in [0.29, 0.717) is 12.8 Å². The average molecular weight is 198 g/mol. The lowest BCUT2D eigenvalue weighted by molar-refractivity contribution is -0.152. The molecule has 14 heavy (non-hydrogen) atoms. The second-order valence-corrected chi connectivity index (χ2v) is 5.54. The Morgan fingerprint density at radius 1 is 1.21 bits per heavy atom. The molecule has 1 saturated carbocycles. The maximum absolute atomic E-state index is 11.9. The molecule has 0 aromatic heterocycles. The number of carboxylic acid groups (broad SMARTS) is 1. The van der Waals surface area contributed by atoms with Crippen molar-refractivity contribution in [2.45, 2.75) is 40.5 Å². The van der Waals surface area contributed by atoms with Crippen molar-refractivity contribution in [3.05, 3.63) is 0 Å². The summed E-state index contributed by atoms with van der Waals surface area (Å²) < 4.78 is 0. The number of carbonyl (C=O) groups excluding carboxylic acids is 1. The molecule has 0 amide bonds. The van der Waals surface area contributed by atoms with Crippen molar-refractivity contribution in [1.29, 1.82) is 0 Å². The lowest BCUT2D eigenvalue weighted by atomic mass is 9.60. The van der Waals surface area contributed by atoms with Gasteiger partial charge in [0, 0.05) is 10.8 Å². The minimum absolute atomic E-state index is 0.183. The van der Waals surface area contributed by atoms with Crippen LogP contribution >= 0.6 is 0 Å². The first-order valence-electron chi connectivity index (χ1n) is 4.94. The van der Waals surface area contributed by atoms with Gasteiger partial charge in [0.15, 0.2) is 0 Å². The minimum atomic E-state index is -0.779. The Balaban J connectivity index is 2.97. The number of rotatable bonds is 1. The first-order valence-corrected chi connectivity index (χ1v) is 4.94. The molecule has 1 fully saturated rings. The van der Waals surface area contributed by atoms with Crippen molar-refractivity contribution in [2.75, 3.05) is 0 Å². The van der Waals surface area contributed by atoms with Crippen LogP contribution in [0.1, 0.15) is 40.5 Å². The molecule has 0 unspecified atom stereocenters. The van der Waals surface area contributed by atoms with Crippen LogP contribution in [0.25, 0.3) is 0 Å². The number of hydrogen-bond donors (Lipinski definition) is 1. The van der Waals surface area contributed by atoms with E-state index in [4.69, 9.17) is 5.11 Å². The van der Waals surface area contributed by atoms with Crippen LogP contribution in [0, 0.1) is 16.7 Å². The Labute approximate surface area is 84.5 Å². The molecule has 0 heterocycles. The van der Waals surface area contributed by atoms with Crippen LogP contribution < -0.4 is 0 Å². The predicted molar refractivity (Wildman–Crippen MR) is 52.9 cm³/mol. The average Bonchev–Trinajstić information content (AvgIpc) is 1.98. The zero-order valence-electron chi connectivity index (χ0n) is 9.26. The highest BCUT2D eigenvalue weighted by Crippen LogP contribution is 2.45. The second-order valence-electron chi connectivity index (χ2n) is 5.54. The maximum atomic E-state index is 11.9.